The highest BCUT2D eigenvalue weighted by Gasteiger charge is 2.07. The van der Waals surface area contributed by atoms with Crippen molar-refractivity contribution in [2.75, 3.05) is 5.32 Å². The van der Waals surface area contributed by atoms with Crippen LogP contribution in [0.5, 0.6) is 0 Å². The number of para-hydroxylation sites is 1. The molecule has 0 aliphatic rings. The number of rotatable bonds is 5. The third-order valence-electron chi connectivity index (χ3n) is 3.50. The van der Waals surface area contributed by atoms with E-state index in [0.29, 0.717) is 28.6 Å². The molecule has 2 aromatic carbocycles. The quantitative estimate of drug-likeness (QED) is 0.714. The van der Waals surface area contributed by atoms with Gasteiger partial charge < -0.3 is 5.32 Å². The van der Waals surface area contributed by atoms with E-state index in [9.17, 15) is 4.79 Å². The van der Waals surface area contributed by atoms with E-state index in [1.807, 2.05) is 36.5 Å². The number of benzene rings is 2. The largest absolute Gasteiger partial charge is 0.326 e. The summed E-state index contributed by atoms with van der Waals surface area (Å²) in [6.07, 6.45) is 4.68. The number of halogens is 2. The molecule has 0 saturated heterocycles. The first-order chi connectivity index (χ1) is 11.6. The molecule has 0 aliphatic carbocycles. The third-order valence-corrected chi connectivity index (χ3v) is 4.24. The molecule has 0 radical (unpaired) electrons. The highest BCUT2D eigenvalue weighted by Crippen LogP contribution is 2.25. The second-order valence-corrected chi connectivity index (χ2v) is 6.12. The van der Waals surface area contributed by atoms with Crippen LogP contribution in [0.2, 0.25) is 10.0 Å². The maximum Gasteiger partial charge on any atom is 0.224 e. The van der Waals surface area contributed by atoms with Gasteiger partial charge in [0, 0.05) is 18.3 Å². The van der Waals surface area contributed by atoms with Gasteiger partial charge in [-0.15, -0.1) is 0 Å². The van der Waals surface area contributed by atoms with Gasteiger partial charge in [-0.05, 0) is 42.3 Å². The lowest BCUT2D eigenvalue weighted by Crippen LogP contribution is -2.12. The Hall–Kier alpha value is -2.30. The summed E-state index contributed by atoms with van der Waals surface area (Å²) in [5.74, 6) is -0.0825. The van der Waals surface area contributed by atoms with Crippen molar-refractivity contribution in [1.82, 2.24) is 9.78 Å². The van der Waals surface area contributed by atoms with Gasteiger partial charge >= 0.3 is 0 Å². The number of hydrogen-bond donors (Lipinski definition) is 1. The van der Waals surface area contributed by atoms with Crippen molar-refractivity contribution in [1.29, 1.82) is 0 Å². The highest BCUT2D eigenvalue weighted by molar-refractivity contribution is 6.42. The fraction of sp³-hybridized carbons (Fsp3) is 0.111. The molecule has 1 amide bonds. The Kier molecular flexibility index (Phi) is 5.18. The van der Waals surface area contributed by atoms with Crippen LogP contribution in [0.4, 0.5) is 5.69 Å². The van der Waals surface area contributed by atoms with E-state index in [-0.39, 0.29) is 5.91 Å². The molecule has 24 heavy (non-hydrogen) atoms. The zero-order valence-electron chi connectivity index (χ0n) is 12.7. The molecule has 4 nitrogen and oxygen atoms in total. The topological polar surface area (TPSA) is 46.9 Å². The van der Waals surface area contributed by atoms with Crippen molar-refractivity contribution in [3.05, 3.63) is 76.5 Å². The lowest BCUT2D eigenvalue weighted by molar-refractivity contribution is -0.116. The molecule has 3 aromatic rings. The number of carbonyl (C=O) groups is 1. The van der Waals surface area contributed by atoms with Gasteiger partial charge in [-0.3, -0.25) is 4.79 Å². The van der Waals surface area contributed by atoms with Crippen molar-refractivity contribution < 1.29 is 4.79 Å². The Morgan fingerprint density at radius 1 is 1.08 bits per heavy atom. The predicted octanol–water partition coefficient (Wildman–Crippen LogP) is 4.75. The highest BCUT2D eigenvalue weighted by atomic mass is 35.5. The van der Waals surface area contributed by atoms with Crippen LogP contribution in [0, 0.1) is 0 Å². The van der Waals surface area contributed by atoms with Crippen LogP contribution in [-0.4, -0.2) is 15.7 Å². The zero-order valence-corrected chi connectivity index (χ0v) is 14.3. The minimum atomic E-state index is -0.0825. The SMILES string of the molecule is O=C(CCc1cnn(-c2ccccc2)c1)Nc1ccc(Cl)c(Cl)c1. The first kappa shape index (κ1) is 16.6. The molecule has 1 aromatic heterocycles. The Labute approximate surface area is 150 Å². The second-order valence-electron chi connectivity index (χ2n) is 5.31. The molecule has 1 heterocycles. The molecular formula is C18H15Cl2N3O. The summed E-state index contributed by atoms with van der Waals surface area (Å²) < 4.78 is 1.80. The van der Waals surface area contributed by atoms with E-state index >= 15 is 0 Å². The Bertz CT molecular complexity index is 846. The van der Waals surface area contributed by atoms with Crippen molar-refractivity contribution in [2.45, 2.75) is 12.8 Å². The van der Waals surface area contributed by atoms with E-state index in [1.165, 1.54) is 0 Å². The van der Waals surface area contributed by atoms with Gasteiger partial charge in [-0.25, -0.2) is 4.68 Å². The van der Waals surface area contributed by atoms with E-state index in [1.54, 1.807) is 29.1 Å². The Morgan fingerprint density at radius 2 is 1.88 bits per heavy atom. The summed E-state index contributed by atoms with van der Waals surface area (Å²) in [5.41, 5.74) is 2.63. The van der Waals surface area contributed by atoms with Crippen LogP contribution < -0.4 is 5.32 Å². The number of nitrogens with zero attached hydrogens (tertiary/aromatic N) is 2. The van der Waals surface area contributed by atoms with E-state index in [4.69, 9.17) is 23.2 Å². The van der Waals surface area contributed by atoms with Crippen LogP contribution in [0.1, 0.15) is 12.0 Å². The van der Waals surface area contributed by atoms with Crippen LogP contribution in [-0.2, 0) is 11.2 Å². The molecule has 0 fully saturated rings. The number of aryl methyl sites for hydroxylation is 1. The van der Waals surface area contributed by atoms with Crippen LogP contribution in [0.15, 0.2) is 60.9 Å². The Morgan fingerprint density at radius 3 is 2.62 bits per heavy atom. The summed E-state index contributed by atoms with van der Waals surface area (Å²) in [4.78, 5) is 12.0. The molecule has 3 rings (SSSR count). The number of carbonyl (C=O) groups excluding carboxylic acids is 1. The van der Waals surface area contributed by atoms with Crippen molar-refractivity contribution in [3.8, 4) is 5.69 Å². The smallest absolute Gasteiger partial charge is 0.224 e. The van der Waals surface area contributed by atoms with E-state index in [2.05, 4.69) is 10.4 Å². The molecule has 0 atom stereocenters. The predicted molar refractivity (Wildman–Crippen MR) is 97.0 cm³/mol. The normalized spacial score (nSPS) is 10.6. The second kappa shape index (κ2) is 7.51. The fourth-order valence-electron chi connectivity index (χ4n) is 2.27. The maximum absolute atomic E-state index is 12.0. The lowest BCUT2D eigenvalue weighted by atomic mass is 10.2. The van der Waals surface area contributed by atoms with E-state index < -0.39 is 0 Å². The van der Waals surface area contributed by atoms with E-state index in [0.717, 1.165) is 11.3 Å². The maximum atomic E-state index is 12.0. The molecule has 6 heteroatoms. The summed E-state index contributed by atoms with van der Waals surface area (Å²) in [7, 11) is 0. The standard InChI is InChI=1S/C18H15Cl2N3O/c19-16-8-7-14(10-17(16)20)22-18(24)9-6-13-11-21-23(12-13)15-4-2-1-3-5-15/h1-5,7-8,10-12H,6,9H2,(H,22,24). The summed E-state index contributed by atoms with van der Waals surface area (Å²) in [5, 5.41) is 8.01. The number of nitrogens with one attached hydrogen (secondary N) is 1. The molecule has 1 N–H and O–H groups in total. The van der Waals surface area contributed by atoms with Gasteiger partial charge in [0.2, 0.25) is 5.91 Å². The van der Waals surface area contributed by atoms with Gasteiger partial charge in [0.25, 0.3) is 0 Å². The monoisotopic (exact) mass is 359 g/mol. The first-order valence-corrected chi connectivity index (χ1v) is 8.21. The van der Waals surface area contributed by atoms with Crippen LogP contribution in [0.3, 0.4) is 0 Å². The summed E-state index contributed by atoms with van der Waals surface area (Å²) in [6, 6.07) is 14.9. The van der Waals surface area contributed by atoms with Gasteiger partial charge in [-0.1, -0.05) is 41.4 Å². The molecule has 0 spiro atoms. The molecule has 0 unspecified atom stereocenters. The lowest BCUT2D eigenvalue weighted by Gasteiger charge is -2.05. The molecule has 122 valence electrons. The number of anilines is 1. The average molecular weight is 360 g/mol. The number of aromatic nitrogens is 2. The molecule has 0 aliphatic heterocycles. The molecule has 0 bridgehead atoms. The summed E-state index contributed by atoms with van der Waals surface area (Å²) in [6.45, 7) is 0. The average Bonchev–Trinajstić information content (AvgIpc) is 3.06. The Balaban J connectivity index is 1.56. The van der Waals surface area contributed by atoms with Crippen molar-refractivity contribution in [2.24, 2.45) is 0 Å². The van der Waals surface area contributed by atoms with Crippen LogP contribution >= 0.6 is 23.2 Å². The number of hydrogen-bond acceptors (Lipinski definition) is 2. The van der Waals surface area contributed by atoms with Crippen molar-refractivity contribution in [3.63, 3.8) is 0 Å². The first-order valence-electron chi connectivity index (χ1n) is 7.46. The minimum absolute atomic E-state index is 0.0825. The fourth-order valence-corrected chi connectivity index (χ4v) is 2.56. The zero-order chi connectivity index (χ0) is 16.9. The van der Waals surface area contributed by atoms with Gasteiger partial charge in [0.1, 0.15) is 0 Å². The van der Waals surface area contributed by atoms with Crippen LogP contribution in [0.25, 0.3) is 5.69 Å². The van der Waals surface area contributed by atoms with Gasteiger partial charge in [0.05, 0.1) is 21.9 Å². The summed E-state index contributed by atoms with van der Waals surface area (Å²) >= 11 is 11.8. The number of amides is 1. The third kappa shape index (κ3) is 4.16. The van der Waals surface area contributed by atoms with Gasteiger partial charge in [-0.2, -0.15) is 5.10 Å². The van der Waals surface area contributed by atoms with Gasteiger partial charge in [0.15, 0.2) is 0 Å². The molecule has 0 saturated carbocycles. The molecular weight excluding hydrogens is 345 g/mol. The van der Waals surface area contributed by atoms with Crippen molar-refractivity contribution >= 4 is 34.8 Å². The minimum Gasteiger partial charge on any atom is -0.326 e.